The first-order chi connectivity index (χ1) is 22.2. The number of allylic oxidation sites excluding steroid dienone is 1. The van der Waals surface area contributed by atoms with Gasteiger partial charge in [0, 0.05) is 24.5 Å². The Bertz CT molecular complexity index is 1210. The maximum Gasteiger partial charge on any atom is 0.315 e. The summed E-state index contributed by atoms with van der Waals surface area (Å²) in [4.78, 5) is 33.3. The van der Waals surface area contributed by atoms with E-state index in [4.69, 9.17) is 4.74 Å². The second-order valence-electron chi connectivity index (χ2n) is 18.1. The van der Waals surface area contributed by atoms with Crippen LogP contribution in [0.15, 0.2) is 11.6 Å². The monoisotopic (exact) mass is 634 g/mol. The Morgan fingerprint density at radius 1 is 1.02 bits per heavy atom. The van der Waals surface area contributed by atoms with Gasteiger partial charge in [-0.05, 0) is 119 Å². The molecule has 0 spiro atoms. The summed E-state index contributed by atoms with van der Waals surface area (Å²) in [5, 5.41) is 11.6. The fraction of sp³-hybridized carbons (Fsp3) is 0.900. The van der Waals surface area contributed by atoms with E-state index in [0.717, 1.165) is 56.8 Å². The lowest BCUT2D eigenvalue weighted by Gasteiger charge is -2.60. The highest BCUT2D eigenvalue weighted by Crippen LogP contribution is 2.84. The zero-order chi connectivity index (χ0) is 31.8. The highest BCUT2D eigenvalue weighted by atomic mass is 16.5. The van der Waals surface area contributed by atoms with Crippen molar-refractivity contribution in [2.24, 2.45) is 57.7 Å². The second kappa shape index (κ2) is 12.0. The molecule has 4 bridgehead atoms. The lowest BCUT2D eigenvalue weighted by atomic mass is 9.41. The Balaban J connectivity index is 1.14. The summed E-state index contributed by atoms with van der Waals surface area (Å²) < 4.78 is 7.52. The number of fused-ring (bicyclic) bond motifs is 2. The van der Waals surface area contributed by atoms with Crippen LogP contribution in [0, 0.1) is 57.7 Å². The van der Waals surface area contributed by atoms with E-state index >= 15 is 0 Å². The maximum atomic E-state index is 14.2. The van der Waals surface area contributed by atoms with Crippen molar-refractivity contribution in [1.29, 1.82) is 0 Å². The van der Waals surface area contributed by atoms with Crippen molar-refractivity contribution < 1.29 is 19.4 Å². The lowest BCUT2D eigenvalue weighted by molar-refractivity contribution is -0.197. The van der Waals surface area contributed by atoms with E-state index in [1.54, 1.807) is 0 Å². The molecule has 7 fully saturated rings. The third kappa shape index (κ3) is 4.43. The summed E-state index contributed by atoms with van der Waals surface area (Å²) in [6.45, 7) is 12.5. The van der Waals surface area contributed by atoms with Gasteiger partial charge in [0.2, 0.25) is 0 Å². The van der Waals surface area contributed by atoms with Crippen LogP contribution in [0.3, 0.4) is 0 Å². The molecule has 8 aliphatic rings. The Hall–Kier alpha value is -1.24. The number of hydrogen-bond acceptors (Lipinski definition) is 5. The van der Waals surface area contributed by atoms with Crippen LogP contribution in [-0.2, 0) is 14.3 Å². The highest BCUT2D eigenvalue weighted by molar-refractivity contribution is 5.90. The van der Waals surface area contributed by atoms with Gasteiger partial charge in [-0.3, -0.25) is 14.6 Å². The molecule has 1 N–H and O–H groups in total. The van der Waals surface area contributed by atoms with Crippen LogP contribution in [0.5, 0.6) is 0 Å². The van der Waals surface area contributed by atoms with Gasteiger partial charge in [-0.15, -0.1) is 0 Å². The molecule has 0 amide bonds. The number of hydrogen-bond donors (Lipinski definition) is 1. The van der Waals surface area contributed by atoms with Crippen LogP contribution in [0.1, 0.15) is 117 Å². The number of piperidine rings is 2. The van der Waals surface area contributed by atoms with Gasteiger partial charge in [0.25, 0.3) is 0 Å². The number of carboxylic acids is 1. The third-order valence-electron chi connectivity index (χ3n) is 15.9. The van der Waals surface area contributed by atoms with Gasteiger partial charge in [-0.25, -0.2) is 0 Å². The molecule has 3 saturated heterocycles. The summed E-state index contributed by atoms with van der Waals surface area (Å²) in [5.74, 6) is 1.93. The fourth-order valence-electron chi connectivity index (χ4n) is 14.1. The lowest BCUT2D eigenvalue weighted by Crippen LogP contribution is -2.65. The molecule has 256 valence electrons. The molecule has 3 heterocycles. The van der Waals surface area contributed by atoms with Crippen LogP contribution >= 0.6 is 0 Å². The molecule has 8 rings (SSSR count). The van der Waals surface area contributed by atoms with Crippen LogP contribution in [0.4, 0.5) is 0 Å². The number of likely N-dealkylation sites (tertiary alicyclic amines) is 2. The number of carboxylic acid groups (broad SMARTS) is 1. The van der Waals surface area contributed by atoms with E-state index in [2.05, 4.69) is 36.6 Å². The minimum Gasteiger partial charge on any atom is -0.481 e. The molecule has 46 heavy (non-hydrogen) atoms. The molecule has 3 aliphatic heterocycles. The minimum atomic E-state index is -1.13. The zero-order valence-electron chi connectivity index (χ0n) is 29.1. The normalized spacial score (nSPS) is 47.9. The van der Waals surface area contributed by atoms with Gasteiger partial charge in [0.1, 0.15) is 11.7 Å². The van der Waals surface area contributed by atoms with Crippen LogP contribution in [-0.4, -0.2) is 78.1 Å². The smallest absolute Gasteiger partial charge is 0.315 e. The van der Waals surface area contributed by atoms with Gasteiger partial charge in [0.05, 0.1) is 17.6 Å². The maximum absolute atomic E-state index is 14.2. The average Bonchev–Trinajstić information content (AvgIpc) is 3.87. The van der Waals surface area contributed by atoms with Gasteiger partial charge in [0.15, 0.2) is 0 Å². The first-order valence-corrected chi connectivity index (χ1v) is 19.8. The van der Waals surface area contributed by atoms with Crippen LogP contribution in [0.2, 0.25) is 0 Å². The molecule has 0 aromatic rings. The number of nitrogens with zero attached hydrogens (tertiary/aromatic N) is 2. The molecule has 0 aromatic heterocycles. The Morgan fingerprint density at radius 3 is 2.52 bits per heavy atom. The van der Waals surface area contributed by atoms with E-state index in [0.29, 0.717) is 30.2 Å². The molecule has 6 heteroatoms. The van der Waals surface area contributed by atoms with Crippen LogP contribution in [0.25, 0.3) is 0 Å². The van der Waals surface area contributed by atoms with E-state index in [1.807, 2.05) is 0 Å². The molecule has 4 saturated carbocycles. The van der Waals surface area contributed by atoms with Crippen molar-refractivity contribution in [3.8, 4) is 0 Å². The van der Waals surface area contributed by atoms with Crippen molar-refractivity contribution >= 4 is 12.3 Å². The summed E-state index contributed by atoms with van der Waals surface area (Å²) >= 11 is 0. The first-order valence-electron chi connectivity index (χ1n) is 19.8. The number of rotatable bonds is 9. The van der Waals surface area contributed by atoms with Crippen molar-refractivity contribution in [2.45, 2.75) is 135 Å². The Morgan fingerprint density at radius 2 is 1.80 bits per heavy atom. The van der Waals surface area contributed by atoms with Crippen molar-refractivity contribution in [1.82, 2.24) is 9.80 Å². The van der Waals surface area contributed by atoms with E-state index in [9.17, 15) is 14.7 Å². The number of ether oxygens (including phenoxy) is 1. The molecule has 5 aliphatic carbocycles. The predicted molar refractivity (Wildman–Crippen MR) is 180 cm³/mol. The summed E-state index contributed by atoms with van der Waals surface area (Å²) in [6.07, 6.45) is 21.7. The van der Waals surface area contributed by atoms with Gasteiger partial charge >= 0.3 is 5.97 Å². The number of aldehydes is 1. The Labute approximate surface area is 278 Å². The van der Waals surface area contributed by atoms with E-state index < -0.39 is 22.2 Å². The van der Waals surface area contributed by atoms with Gasteiger partial charge in [-0.1, -0.05) is 70.9 Å². The topological polar surface area (TPSA) is 70.1 Å². The summed E-state index contributed by atoms with van der Waals surface area (Å²) in [6, 6.07) is 0.671. The van der Waals surface area contributed by atoms with Crippen LogP contribution < -0.4 is 0 Å². The third-order valence-corrected chi connectivity index (χ3v) is 15.9. The van der Waals surface area contributed by atoms with Gasteiger partial charge < -0.3 is 14.6 Å². The molecule has 0 radical (unpaired) electrons. The molecular weight excluding hydrogens is 572 g/mol. The zero-order valence-corrected chi connectivity index (χ0v) is 29.1. The first kappa shape index (κ1) is 32.0. The fourth-order valence-corrected chi connectivity index (χ4v) is 14.1. The Kier molecular flexibility index (Phi) is 8.32. The molecule has 6 nitrogen and oxygen atoms in total. The summed E-state index contributed by atoms with van der Waals surface area (Å²) in [7, 11) is 0. The van der Waals surface area contributed by atoms with Crippen molar-refractivity contribution in [3.05, 3.63) is 11.6 Å². The molecule has 0 aromatic carbocycles. The number of aliphatic carboxylic acids is 1. The molecule has 4 unspecified atom stereocenters. The minimum absolute atomic E-state index is 0.0873. The second-order valence-corrected chi connectivity index (χ2v) is 18.1. The van der Waals surface area contributed by atoms with E-state index in [-0.39, 0.29) is 30.0 Å². The van der Waals surface area contributed by atoms with Crippen molar-refractivity contribution in [3.63, 3.8) is 0 Å². The number of carbonyl (C=O) groups excluding carboxylic acids is 1. The molecular formula is C40H62N2O4. The predicted octanol–water partition coefficient (Wildman–Crippen LogP) is 7.22. The SMILES string of the molecule is CC(C)C1=CC2CC3(C=O)[C@@H]4CC[C@@H](C)[C@H]4CC2([C@H]2C[C@@H](CC4CCCC4)[C@H](CN4CCCC(N5CCCCC5)C4)O2)[C@]13C(=O)O. The van der Waals surface area contributed by atoms with Crippen molar-refractivity contribution in [2.75, 3.05) is 32.7 Å². The van der Waals surface area contributed by atoms with E-state index in [1.165, 1.54) is 83.6 Å². The quantitative estimate of drug-likeness (QED) is 0.214. The van der Waals surface area contributed by atoms with Gasteiger partial charge in [-0.2, -0.15) is 0 Å². The summed E-state index contributed by atoms with van der Waals surface area (Å²) in [5.41, 5.74) is -1.39. The highest BCUT2D eigenvalue weighted by Gasteiger charge is 2.86. The average molecular weight is 635 g/mol. The number of carbonyl (C=O) groups is 2. The standard InChI is InChI=1S/C40H62N2O4/c1-26(2)34-20-30-21-38(25-43)33-14-13-27(3)32(33)22-39(30,40(34,38)37(44)45)36-19-29(18-28-10-5-6-11-28)35(46-36)24-41-15-9-12-31(23-41)42-16-7-4-8-17-42/h20,25-33,35-36H,4-19,21-24H2,1-3H3,(H,44,45)/t27-,29-,30?,31?,32-,33-,35+,36-,38?,39?,40+/m1/s1. The molecule has 11 atom stereocenters. The largest absolute Gasteiger partial charge is 0.481 e.